The predicted molar refractivity (Wildman–Crippen MR) is 108 cm³/mol. The Kier molecular flexibility index (Phi) is 6.37. The first-order valence-corrected chi connectivity index (χ1v) is 9.37. The molecule has 0 aliphatic rings. The zero-order valence-corrected chi connectivity index (χ0v) is 17.7. The molecule has 0 amide bonds. The van der Waals surface area contributed by atoms with Gasteiger partial charge in [-0.3, -0.25) is 0 Å². The van der Waals surface area contributed by atoms with Crippen LogP contribution in [-0.4, -0.2) is 27.2 Å². The van der Waals surface area contributed by atoms with Crippen LogP contribution in [0.3, 0.4) is 0 Å². The van der Waals surface area contributed by atoms with Crippen molar-refractivity contribution in [1.82, 2.24) is 14.3 Å². The van der Waals surface area contributed by atoms with Gasteiger partial charge >= 0.3 is 17.9 Å². The minimum atomic E-state index is -4.61. The second kappa shape index (κ2) is 8.85. The van der Waals surface area contributed by atoms with E-state index in [4.69, 9.17) is 9.57 Å². The summed E-state index contributed by atoms with van der Waals surface area (Å²) in [4.78, 5) is 17.9. The Labute approximate surface area is 180 Å². The lowest BCUT2D eigenvalue weighted by molar-refractivity contribution is -0.137. The van der Waals surface area contributed by atoms with E-state index < -0.39 is 23.2 Å². The lowest BCUT2D eigenvalue weighted by Gasteiger charge is -2.13. The Morgan fingerprint density at radius 1 is 1.22 bits per heavy atom. The molecule has 0 saturated heterocycles. The minimum Gasteiger partial charge on any atom is -0.467 e. The number of ether oxygens (including phenoxy) is 1. The SMILES string of the molecule is COc1nn(C)c(=O)n1-c1c(C)cccc1CON=C(C)c1cc(C(F)(F)F)ccc1F. The van der Waals surface area contributed by atoms with Crippen molar-refractivity contribution in [3.63, 3.8) is 0 Å². The first kappa shape index (κ1) is 23.0. The highest BCUT2D eigenvalue weighted by Gasteiger charge is 2.31. The van der Waals surface area contributed by atoms with Gasteiger partial charge in [0.1, 0.15) is 12.4 Å². The van der Waals surface area contributed by atoms with Gasteiger partial charge in [-0.05, 0) is 37.6 Å². The highest BCUT2D eigenvalue weighted by Crippen LogP contribution is 2.30. The third-order valence-corrected chi connectivity index (χ3v) is 4.73. The summed E-state index contributed by atoms with van der Waals surface area (Å²) >= 11 is 0. The molecule has 32 heavy (non-hydrogen) atoms. The van der Waals surface area contributed by atoms with Gasteiger partial charge in [0.15, 0.2) is 0 Å². The average Bonchev–Trinajstić information content (AvgIpc) is 3.01. The van der Waals surface area contributed by atoms with Crippen LogP contribution in [0.4, 0.5) is 17.6 Å². The highest BCUT2D eigenvalue weighted by atomic mass is 19.4. The number of nitrogens with zero attached hydrogens (tertiary/aromatic N) is 4. The van der Waals surface area contributed by atoms with Gasteiger partial charge in [0.05, 0.1) is 24.1 Å². The normalized spacial score (nSPS) is 12.2. The topological polar surface area (TPSA) is 70.6 Å². The van der Waals surface area contributed by atoms with Gasteiger partial charge < -0.3 is 9.57 Å². The van der Waals surface area contributed by atoms with Crippen LogP contribution in [0.5, 0.6) is 6.01 Å². The van der Waals surface area contributed by atoms with Crippen molar-refractivity contribution >= 4 is 5.71 Å². The van der Waals surface area contributed by atoms with Crippen LogP contribution in [0.2, 0.25) is 0 Å². The van der Waals surface area contributed by atoms with Crippen molar-refractivity contribution in [3.8, 4) is 11.7 Å². The van der Waals surface area contributed by atoms with Gasteiger partial charge in [-0.2, -0.15) is 13.2 Å². The summed E-state index contributed by atoms with van der Waals surface area (Å²) in [5.74, 6) is -0.856. The zero-order chi connectivity index (χ0) is 23.6. The summed E-state index contributed by atoms with van der Waals surface area (Å²) < 4.78 is 60.5. The predicted octanol–water partition coefficient (Wildman–Crippen LogP) is 3.99. The molecule has 0 N–H and O–H groups in total. The van der Waals surface area contributed by atoms with Crippen LogP contribution in [0.15, 0.2) is 46.3 Å². The van der Waals surface area contributed by atoms with Crippen molar-refractivity contribution in [2.24, 2.45) is 12.2 Å². The third kappa shape index (κ3) is 4.51. The monoisotopic (exact) mass is 452 g/mol. The quantitative estimate of drug-likeness (QED) is 0.322. The van der Waals surface area contributed by atoms with E-state index in [1.807, 2.05) is 0 Å². The number of rotatable bonds is 6. The van der Waals surface area contributed by atoms with Crippen LogP contribution in [-0.2, 0) is 24.7 Å². The van der Waals surface area contributed by atoms with Crippen molar-refractivity contribution in [1.29, 1.82) is 0 Å². The highest BCUT2D eigenvalue weighted by molar-refractivity contribution is 5.98. The molecule has 3 rings (SSSR count). The molecule has 0 aliphatic heterocycles. The molecule has 0 aliphatic carbocycles. The van der Waals surface area contributed by atoms with Crippen LogP contribution >= 0.6 is 0 Å². The number of aromatic nitrogens is 3. The van der Waals surface area contributed by atoms with E-state index in [1.165, 1.54) is 25.6 Å². The summed E-state index contributed by atoms with van der Waals surface area (Å²) in [6.45, 7) is 2.98. The van der Waals surface area contributed by atoms with E-state index in [2.05, 4.69) is 10.3 Å². The molecule has 0 radical (unpaired) electrons. The second-order valence-electron chi connectivity index (χ2n) is 6.95. The number of hydrogen-bond donors (Lipinski definition) is 0. The van der Waals surface area contributed by atoms with Crippen LogP contribution in [0.1, 0.15) is 29.2 Å². The smallest absolute Gasteiger partial charge is 0.416 e. The van der Waals surface area contributed by atoms with E-state index in [-0.39, 0.29) is 23.9 Å². The van der Waals surface area contributed by atoms with Crippen molar-refractivity contribution < 1.29 is 27.1 Å². The second-order valence-corrected chi connectivity index (χ2v) is 6.95. The Hall–Kier alpha value is -3.63. The van der Waals surface area contributed by atoms with E-state index >= 15 is 0 Å². The molecular formula is C21H20F4N4O3. The maximum atomic E-state index is 14.1. The van der Waals surface area contributed by atoms with Crippen molar-refractivity contribution in [2.75, 3.05) is 7.11 Å². The Morgan fingerprint density at radius 3 is 2.59 bits per heavy atom. The van der Waals surface area contributed by atoms with E-state index in [0.717, 1.165) is 16.3 Å². The summed E-state index contributed by atoms with van der Waals surface area (Å²) in [5.41, 5.74) is -0.0897. The average molecular weight is 452 g/mol. The minimum absolute atomic E-state index is 0.0683. The van der Waals surface area contributed by atoms with Gasteiger partial charge in [-0.15, -0.1) is 5.10 Å². The molecule has 2 aromatic carbocycles. The summed E-state index contributed by atoms with van der Waals surface area (Å²) in [6, 6.07) is 7.35. The number of methoxy groups -OCH3 is 1. The lowest BCUT2D eigenvalue weighted by atomic mass is 10.1. The standard InChI is InChI=1S/C21H20F4N4O3/c1-12-6-5-7-14(18(12)29-19(31-4)26-28(3)20(29)30)11-32-27-13(2)16-10-15(21(23,24)25)8-9-17(16)22/h5-10H,11H2,1-4H3. The first-order chi connectivity index (χ1) is 15.0. The van der Waals surface area contributed by atoms with Crippen molar-refractivity contribution in [2.45, 2.75) is 26.6 Å². The number of aryl methyl sites for hydroxylation is 2. The van der Waals surface area contributed by atoms with Crippen LogP contribution in [0.25, 0.3) is 5.69 Å². The number of para-hydroxylation sites is 1. The number of hydrogen-bond acceptors (Lipinski definition) is 5. The molecule has 7 nitrogen and oxygen atoms in total. The van der Waals surface area contributed by atoms with Crippen molar-refractivity contribution in [3.05, 3.63) is 75.0 Å². The molecule has 0 fully saturated rings. The number of oxime groups is 1. The maximum Gasteiger partial charge on any atom is 0.416 e. The summed E-state index contributed by atoms with van der Waals surface area (Å²) in [6.07, 6.45) is -4.61. The van der Waals surface area contributed by atoms with Crippen LogP contribution < -0.4 is 10.4 Å². The first-order valence-electron chi connectivity index (χ1n) is 9.37. The fourth-order valence-corrected chi connectivity index (χ4v) is 3.15. The molecule has 0 unspecified atom stereocenters. The molecule has 1 heterocycles. The maximum absolute atomic E-state index is 14.1. The Balaban J connectivity index is 1.92. The molecule has 0 saturated carbocycles. The molecule has 170 valence electrons. The summed E-state index contributed by atoms with van der Waals surface area (Å²) in [5, 5.41) is 7.79. The molecule has 0 atom stereocenters. The van der Waals surface area contributed by atoms with Gasteiger partial charge in [-0.1, -0.05) is 23.4 Å². The fourth-order valence-electron chi connectivity index (χ4n) is 3.15. The molecular weight excluding hydrogens is 432 g/mol. The summed E-state index contributed by atoms with van der Waals surface area (Å²) in [7, 11) is 2.86. The molecule has 11 heteroatoms. The van der Waals surface area contributed by atoms with E-state index in [9.17, 15) is 22.4 Å². The Bertz CT molecular complexity index is 1230. The van der Waals surface area contributed by atoms with Gasteiger partial charge in [0, 0.05) is 18.2 Å². The van der Waals surface area contributed by atoms with Gasteiger partial charge in [0.2, 0.25) is 0 Å². The Morgan fingerprint density at radius 2 is 1.94 bits per heavy atom. The fraction of sp³-hybridized carbons (Fsp3) is 0.286. The molecule has 3 aromatic rings. The lowest BCUT2D eigenvalue weighted by Crippen LogP contribution is -2.23. The number of benzene rings is 2. The van der Waals surface area contributed by atoms with Gasteiger partial charge in [-0.25, -0.2) is 18.4 Å². The third-order valence-electron chi connectivity index (χ3n) is 4.73. The molecule has 0 bridgehead atoms. The largest absolute Gasteiger partial charge is 0.467 e. The number of alkyl halides is 3. The number of halogens is 4. The molecule has 0 spiro atoms. The van der Waals surface area contributed by atoms with E-state index in [1.54, 1.807) is 25.1 Å². The van der Waals surface area contributed by atoms with E-state index in [0.29, 0.717) is 23.4 Å². The molecule has 1 aromatic heterocycles. The zero-order valence-electron chi connectivity index (χ0n) is 17.7. The van der Waals surface area contributed by atoms with Crippen LogP contribution in [0, 0.1) is 12.7 Å². The van der Waals surface area contributed by atoms with Gasteiger partial charge in [0.25, 0.3) is 0 Å².